The molecule has 1 unspecified atom stereocenters. The fraction of sp³-hybridized carbons (Fsp3) is 0.316. The van der Waals surface area contributed by atoms with Crippen LogP contribution < -0.4 is 10.1 Å². The monoisotopic (exact) mass is 392 g/mol. The Kier molecular flexibility index (Phi) is 5.76. The van der Waals surface area contributed by atoms with Gasteiger partial charge in [-0.3, -0.25) is 4.79 Å². The molecule has 0 aromatic heterocycles. The van der Waals surface area contributed by atoms with Gasteiger partial charge in [-0.05, 0) is 55.3 Å². The molecule has 1 aliphatic heterocycles. The average Bonchev–Trinajstić information content (AvgIpc) is 3.15. The first-order chi connectivity index (χ1) is 12.9. The first kappa shape index (κ1) is 19.3. The maximum Gasteiger partial charge on any atom is 0.251 e. The molecular formula is C19H21FN2O4S. The summed E-state index contributed by atoms with van der Waals surface area (Å²) >= 11 is 0. The molecule has 1 heterocycles. The Hall–Kier alpha value is -2.45. The number of nitrogens with one attached hydrogen (secondary N) is 1. The fourth-order valence-electron chi connectivity index (χ4n) is 3.16. The highest BCUT2D eigenvalue weighted by molar-refractivity contribution is 7.89. The summed E-state index contributed by atoms with van der Waals surface area (Å²) in [5.74, 6) is -0.343. The van der Waals surface area contributed by atoms with E-state index in [1.54, 1.807) is 12.1 Å². The van der Waals surface area contributed by atoms with E-state index in [0.29, 0.717) is 18.7 Å². The average molecular weight is 392 g/mol. The molecular weight excluding hydrogens is 371 g/mol. The Morgan fingerprint density at radius 1 is 1.26 bits per heavy atom. The number of benzene rings is 2. The van der Waals surface area contributed by atoms with Gasteiger partial charge in [0.1, 0.15) is 11.6 Å². The number of methoxy groups -OCH3 is 1. The predicted molar refractivity (Wildman–Crippen MR) is 98.6 cm³/mol. The minimum atomic E-state index is -3.67. The predicted octanol–water partition coefficient (Wildman–Crippen LogP) is 2.42. The van der Waals surface area contributed by atoms with Crippen molar-refractivity contribution in [3.8, 4) is 5.75 Å². The Balaban J connectivity index is 1.70. The molecule has 1 saturated heterocycles. The summed E-state index contributed by atoms with van der Waals surface area (Å²) in [6.45, 7) is 0.569. The summed E-state index contributed by atoms with van der Waals surface area (Å²) in [6.07, 6.45) is 1.37. The van der Waals surface area contributed by atoms with Crippen LogP contribution >= 0.6 is 0 Å². The quantitative estimate of drug-likeness (QED) is 0.819. The normalized spacial score (nSPS) is 17.6. The number of halogens is 1. The zero-order chi connectivity index (χ0) is 19.4. The second-order valence-corrected chi connectivity index (χ2v) is 8.20. The molecule has 0 aliphatic carbocycles. The third-order valence-corrected chi connectivity index (χ3v) is 6.54. The largest absolute Gasteiger partial charge is 0.497 e. The van der Waals surface area contributed by atoms with Gasteiger partial charge in [-0.25, -0.2) is 12.8 Å². The van der Waals surface area contributed by atoms with Crippen LogP contribution in [-0.2, 0) is 10.0 Å². The van der Waals surface area contributed by atoms with Crippen LogP contribution in [0.25, 0.3) is 0 Å². The van der Waals surface area contributed by atoms with E-state index in [1.807, 2.05) is 0 Å². The molecule has 3 rings (SSSR count). The first-order valence-corrected chi connectivity index (χ1v) is 10.1. The van der Waals surface area contributed by atoms with Crippen LogP contribution in [0.15, 0.2) is 53.4 Å². The number of sulfonamides is 1. The van der Waals surface area contributed by atoms with Crippen molar-refractivity contribution in [2.45, 2.75) is 23.8 Å². The molecule has 8 heteroatoms. The lowest BCUT2D eigenvalue weighted by atomic mass is 10.2. The molecule has 1 amide bonds. The van der Waals surface area contributed by atoms with Gasteiger partial charge in [-0.2, -0.15) is 4.31 Å². The number of amides is 1. The summed E-state index contributed by atoms with van der Waals surface area (Å²) in [7, 11) is -2.15. The molecule has 1 N–H and O–H groups in total. The van der Waals surface area contributed by atoms with Crippen molar-refractivity contribution in [2.75, 3.05) is 20.2 Å². The van der Waals surface area contributed by atoms with Crippen LogP contribution in [0.5, 0.6) is 5.75 Å². The van der Waals surface area contributed by atoms with Crippen molar-refractivity contribution in [1.29, 1.82) is 0 Å². The molecule has 0 spiro atoms. The minimum Gasteiger partial charge on any atom is -0.497 e. The van der Waals surface area contributed by atoms with Crippen LogP contribution in [0.2, 0.25) is 0 Å². The smallest absolute Gasteiger partial charge is 0.251 e. The molecule has 2 aromatic carbocycles. The van der Waals surface area contributed by atoms with E-state index < -0.39 is 21.7 Å². The third kappa shape index (κ3) is 4.28. The maximum absolute atomic E-state index is 13.3. The van der Waals surface area contributed by atoms with Gasteiger partial charge in [0.15, 0.2) is 0 Å². The van der Waals surface area contributed by atoms with Gasteiger partial charge in [0, 0.05) is 24.7 Å². The summed E-state index contributed by atoms with van der Waals surface area (Å²) < 4.78 is 45.6. The zero-order valence-corrected chi connectivity index (χ0v) is 15.7. The fourth-order valence-corrected chi connectivity index (χ4v) is 4.85. The van der Waals surface area contributed by atoms with Crippen LogP contribution in [0.3, 0.4) is 0 Å². The van der Waals surface area contributed by atoms with E-state index in [9.17, 15) is 17.6 Å². The van der Waals surface area contributed by atoms with E-state index >= 15 is 0 Å². The topological polar surface area (TPSA) is 75.7 Å². The van der Waals surface area contributed by atoms with Crippen LogP contribution in [0.1, 0.15) is 23.2 Å². The van der Waals surface area contributed by atoms with E-state index in [0.717, 1.165) is 12.5 Å². The molecule has 0 saturated carbocycles. The van der Waals surface area contributed by atoms with E-state index in [4.69, 9.17) is 4.74 Å². The summed E-state index contributed by atoms with van der Waals surface area (Å²) in [6, 6.07) is 11.3. The Morgan fingerprint density at radius 2 is 2.00 bits per heavy atom. The molecule has 27 heavy (non-hydrogen) atoms. The van der Waals surface area contributed by atoms with Crippen molar-refractivity contribution in [3.63, 3.8) is 0 Å². The highest BCUT2D eigenvalue weighted by atomic mass is 32.2. The van der Waals surface area contributed by atoms with Gasteiger partial charge in [0.05, 0.1) is 12.0 Å². The van der Waals surface area contributed by atoms with Crippen molar-refractivity contribution >= 4 is 15.9 Å². The van der Waals surface area contributed by atoms with Crippen molar-refractivity contribution in [1.82, 2.24) is 9.62 Å². The molecule has 0 bridgehead atoms. The van der Waals surface area contributed by atoms with Gasteiger partial charge < -0.3 is 10.1 Å². The summed E-state index contributed by atoms with van der Waals surface area (Å²) in [5, 5.41) is 2.71. The Labute approximate surface area is 158 Å². The van der Waals surface area contributed by atoms with Gasteiger partial charge in [-0.1, -0.05) is 6.07 Å². The lowest BCUT2D eigenvalue weighted by Gasteiger charge is -2.24. The van der Waals surface area contributed by atoms with E-state index in [-0.39, 0.29) is 23.0 Å². The van der Waals surface area contributed by atoms with Gasteiger partial charge in [0.25, 0.3) is 5.91 Å². The molecule has 1 atom stereocenters. The first-order valence-electron chi connectivity index (χ1n) is 8.61. The molecule has 1 fully saturated rings. The van der Waals surface area contributed by atoms with Crippen LogP contribution in [0, 0.1) is 5.82 Å². The number of ether oxygens (including phenoxy) is 1. The number of rotatable bonds is 6. The second kappa shape index (κ2) is 8.06. The van der Waals surface area contributed by atoms with Crippen molar-refractivity contribution in [2.24, 2.45) is 0 Å². The van der Waals surface area contributed by atoms with Gasteiger partial charge in [0.2, 0.25) is 10.0 Å². The number of nitrogens with zero attached hydrogens (tertiary/aromatic N) is 1. The minimum absolute atomic E-state index is 0.171. The lowest BCUT2D eigenvalue weighted by Crippen LogP contribution is -2.43. The van der Waals surface area contributed by atoms with Crippen LogP contribution in [-0.4, -0.2) is 44.9 Å². The van der Waals surface area contributed by atoms with Crippen molar-refractivity contribution in [3.05, 3.63) is 59.9 Å². The third-order valence-electron chi connectivity index (χ3n) is 4.57. The highest BCUT2D eigenvalue weighted by Crippen LogP contribution is 2.27. The number of carbonyl (C=O) groups is 1. The van der Waals surface area contributed by atoms with Crippen molar-refractivity contribution < 1.29 is 22.3 Å². The Bertz CT molecular complexity index is 916. The standard InChI is InChI=1S/C19H21FN2O4S/c1-26-17-7-9-18(10-8-17)27(24,25)22-11-3-6-16(22)13-21-19(23)14-4-2-5-15(20)12-14/h2,4-5,7-10,12,16H,3,6,11,13H2,1H3,(H,21,23). The lowest BCUT2D eigenvalue weighted by molar-refractivity contribution is 0.0946. The Morgan fingerprint density at radius 3 is 2.67 bits per heavy atom. The van der Waals surface area contributed by atoms with Crippen LogP contribution in [0.4, 0.5) is 4.39 Å². The zero-order valence-electron chi connectivity index (χ0n) is 14.9. The number of carbonyl (C=O) groups excluding carboxylic acids is 1. The molecule has 144 valence electrons. The summed E-state index contributed by atoms with van der Waals surface area (Å²) in [4.78, 5) is 12.4. The van der Waals surface area contributed by atoms with E-state index in [2.05, 4.69) is 5.32 Å². The maximum atomic E-state index is 13.3. The van der Waals surface area contributed by atoms with Gasteiger partial charge in [-0.15, -0.1) is 0 Å². The molecule has 0 radical (unpaired) electrons. The number of hydrogen-bond acceptors (Lipinski definition) is 4. The molecule has 2 aromatic rings. The van der Waals surface area contributed by atoms with E-state index in [1.165, 1.54) is 41.7 Å². The van der Waals surface area contributed by atoms with Gasteiger partial charge >= 0.3 is 0 Å². The summed E-state index contributed by atoms with van der Waals surface area (Å²) in [5.41, 5.74) is 0.206. The molecule has 1 aliphatic rings. The highest BCUT2D eigenvalue weighted by Gasteiger charge is 2.35. The number of hydrogen-bond donors (Lipinski definition) is 1. The SMILES string of the molecule is COc1ccc(S(=O)(=O)N2CCCC2CNC(=O)c2cccc(F)c2)cc1. The second-order valence-electron chi connectivity index (χ2n) is 6.31. The molecule has 6 nitrogen and oxygen atoms in total.